The second-order valence-corrected chi connectivity index (χ2v) is 8.74. The van der Waals surface area contributed by atoms with Gasteiger partial charge >= 0.3 is 0 Å². The molecule has 0 bridgehead atoms. The molecule has 0 aromatic heterocycles. The molecule has 2 N–H and O–H groups in total. The van der Waals surface area contributed by atoms with Crippen molar-refractivity contribution in [2.24, 2.45) is 28.6 Å². The van der Waals surface area contributed by atoms with Crippen LogP contribution in [-0.2, 0) is 9.59 Å². The van der Waals surface area contributed by atoms with Gasteiger partial charge in [-0.1, -0.05) is 19.4 Å². The number of ketones is 2. The van der Waals surface area contributed by atoms with Gasteiger partial charge in [0.15, 0.2) is 11.6 Å². The maximum atomic E-state index is 12.9. The molecule has 23 heavy (non-hydrogen) atoms. The Kier molecular flexibility index (Phi) is 3.21. The summed E-state index contributed by atoms with van der Waals surface area (Å²) < 4.78 is 0. The number of aliphatic hydroxyl groups excluding tert-OH is 2. The molecule has 0 aromatic carbocycles. The minimum Gasteiger partial charge on any atom is -0.393 e. The minimum atomic E-state index is -0.910. The van der Waals surface area contributed by atoms with Gasteiger partial charge in [0.25, 0.3) is 0 Å². The molecule has 4 aliphatic carbocycles. The first-order valence-corrected chi connectivity index (χ1v) is 8.91. The molecule has 7 atom stereocenters. The highest BCUT2D eigenvalue weighted by Crippen LogP contribution is 2.63. The van der Waals surface area contributed by atoms with Crippen molar-refractivity contribution in [1.29, 1.82) is 0 Å². The van der Waals surface area contributed by atoms with E-state index in [1.165, 1.54) is 0 Å². The normalized spacial score (nSPS) is 52.5. The Morgan fingerprint density at radius 2 is 1.78 bits per heavy atom. The number of hydrogen-bond acceptors (Lipinski definition) is 4. The minimum absolute atomic E-state index is 0.0299. The second-order valence-electron chi connectivity index (χ2n) is 8.74. The summed E-state index contributed by atoms with van der Waals surface area (Å²) in [7, 11) is 0. The van der Waals surface area contributed by atoms with Crippen LogP contribution in [0.4, 0.5) is 0 Å². The number of rotatable bonds is 0. The van der Waals surface area contributed by atoms with E-state index >= 15 is 0 Å². The lowest BCUT2D eigenvalue weighted by molar-refractivity contribution is -0.138. The molecule has 4 nitrogen and oxygen atoms in total. The summed E-state index contributed by atoms with van der Waals surface area (Å²) in [6, 6.07) is 0. The Hall–Kier alpha value is -1.00. The smallest absolute Gasteiger partial charge is 0.162 e. The quantitative estimate of drug-likeness (QED) is 0.717. The van der Waals surface area contributed by atoms with Crippen LogP contribution in [0.25, 0.3) is 0 Å². The molecule has 0 spiro atoms. The maximum Gasteiger partial charge on any atom is 0.162 e. The molecule has 3 saturated carbocycles. The Morgan fingerprint density at radius 3 is 2.52 bits per heavy atom. The number of hydrogen-bond donors (Lipinski definition) is 2. The molecule has 0 amide bonds. The van der Waals surface area contributed by atoms with Gasteiger partial charge in [-0.2, -0.15) is 0 Å². The predicted molar refractivity (Wildman–Crippen MR) is 84.5 cm³/mol. The zero-order chi connectivity index (χ0) is 16.6. The lowest BCUT2D eigenvalue weighted by Gasteiger charge is -2.56. The van der Waals surface area contributed by atoms with Crippen molar-refractivity contribution < 1.29 is 19.8 Å². The Labute approximate surface area is 137 Å². The molecule has 5 unspecified atom stereocenters. The van der Waals surface area contributed by atoms with Gasteiger partial charge in [-0.05, 0) is 55.4 Å². The van der Waals surface area contributed by atoms with Gasteiger partial charge in [0, 0.05) is 17.8 Å². The van der Waals surface area contributed by atoms with Crippen molar-refractivity contribution in [1.82, 2.24) is 0 Å². The number of carbonyl (C=O) groups is 2. The van der Waals surface area contributed by atoms with Crippen LogP contribution in [-0.4, -0.2) is 34.0 Å². The topological polar surface area (TPSA) is 74.6 Å². The third-order valence-corrected chi connectivity index (χ3v) is 7.71. The van der Waals surface area contributed by atoms with Gasteiger partial charge in [0.1, 0.15) is 6.10 Å². The third-order valence-electron chi connectivity index (χ3n) is 7.71. The van der Waals surface area contributed by atoms with Crippen LogP contribution in [0.15, 0.2) is 11.6 Å². The fourth-order valence-corrected chi connectivity index (χ4v) is 6.16. The summed E-state index contributed by atoms with van der Waals surface area (Å²) in [6.07, 6.45) is 4.87. The predicted octanol–water partition coefficient (Wildman–Crippen LogP) is 2.03. The van der Waals surface area contributed by atoms with Gasteiger partial charge in [-0.3, -0.25) is 9.59 Å². The van der Waals surface area contributed by atoms with Crippen molar-refractivity contribution in [3.8, 4) is 0 Å². The van der Waals surface area contributed by atoms with Crippen LogP contribution in [0, 0.1) is 28.6 Å². The third kappa shape index (κ3) is 1.91. The maximum absolute atomic E-state index is 12.9. The molecule has 0 aliphatic heterocycles. The van der Waals surface area contributed by atoms with E-state index in [0.29, 0.717) is 12.8 Å². The van der Waals surface area contributed by atoms with Crippen molar-refractivity contribution in [2.75, 3.05) is 0 Å². The first-order chi connectivity index (χ1) is 10.8. The van der Waals surface area contributed by atoms with Gasteiger partial charge < -0.3 is 10.2 Å². The van der Waals surface area contributed by atoms with Gasteiger partial charge in [0.2, 0.25) is 0 Å². The first-order valence-electron chi connectivity index (χ1n) is 8.91. The van der Waals surface area contributed by atoms with Crippen LogP contribution < -0.4 is 0 Å². The summed E-state index contributed by atoms with van der Waals surface area (Å²) in [5, 5.41) is 20.3. The Bertz CT molecular complexity index is 608. The largest absolute Gasteiger partial charge is 0.393 e. The van der Waals surface area contributed by atoms with E-state index in [4.69, 9.17) is 0 Å². The highest BCUT2D eigenvalue weighted by Gasteiger charge is 2.62. The SMILES string of the molecule is CC12CC[C@H](O)CC1=CC(=O)C1C2CCC2(C)C1CC(=O)[C@@H]2O. The molecule has 0 heterocycles. The number of Topliss-reactive ketones (excluding diaryl/α,β-unsaturated/α-hetero) is 1. The zero-order valence-corrected chi connectivity index (χ0v) is 13.9. The van der Waals surface area contributed by atoms with Crippen molar-refractivity contribution >= 4 is 11.6 Å². The number of allylic oxidation sites excluding steroid dienone is 1. The van der Waals surface area contributed by atoms with Crippen LogP contribution in [0.5, 0.6) is 0 Å². The summed E-state index contributed by atoms with van der Waals surface area (Å²) in [5.41, 5.74) is 0.635. The van der Waals surface area contributed by atoms with Crippen molar-refractivity contribution in [2.45, 2.75) is 64.6 Å². The monoisotopic (exact) mass is 318 g/mol. The molecular weight excluding hydrogens is 292 g/mol. The van der Waals surface area contributed by atoms with Crippen LogP contribution >= 0.6 is 0 Å². The van der Waals surface area contributed by atoms with E-state index in [0.717, 1.165) is 31.3 Å². The molecule has 4 rings (SSSR count). The second kappa shape index (κ2) is 4.76. The molecule has 0 radical (unpaired) electrons. The van der Waals surface area contributed by atoms with E-state index in [2.05, 4.69) is 6.92 Å². The average Bonchev–Trinajstić information content (AvgIpc) is 2.73. The fourth-order valence-electron chi connectivity index (χ4n) is 6.16. The molecule has 126 valence electrons. The number of fused-ring (bicyclic) bond motifs is 5. The average molecular weight is 318 g/mol. The van der Waals surface area contributed by atoms with E-state index in [-0.39, 0.29) is 40.8 Å². The van der Waals surface area contributed by atoms with E-state index in [1.54, 1.807) is 6.08 Å². The molecular formula is C19H26O4. The Morgan fingerprint density at radius 1 is 1.04 bits per heavy atom. The molecule has 0 saturated heterocycles. The summed E-state index contributed by atoms with van der Waals surface area (Å²) in [4.78, 5) is 25.0. The van der Waals surface area contributed by atoms with E-state index < -0.39 is 11.5 Å². The zero-order valence-electron chi connectivity index (χ0n) is 13.9. The standard InChI is InChI=1S/C19H26O4/c1-18-5-3-11(20)7-10(18)8-14(21)16-12(18)4-6-19(2)13(16)9-15(22)17(19)23/h8,11-13,16-17,20,23H,3-7,9H2,1-2H3/t11-,12?,13?,16?,17-,18?,19?/m0/s1. The molecule has 0 aromatic rings. The van der Waals surface area contributed by atoms with E-state index in [1.807, 2.05) is 6.92 Å². The van der Waals surface area contributed by atoms with Crippen LogP contribution in [0.3, 0.4) is 0 Å². The van der Waals surface area contributed by atoms with Gasteiger partial charge in [-0.15, -0.1) is 0 Å². The summed E-state index contributed by atoms with van der Waals surface area (Å²) in [6.45, 7) is 4.23. The first kappa shape index (κ1) is 15.5. The molecule has 4 aliphatic rings. The highest BCUT2D eigenvalue weighted by atomic mass is 16.3. The number of carbonyl (C=O) groups excluding carboxylic acids is 2. The number of aliphatic hydroxyl groups is 2. The molecule has 3 fully saturated rings. The summed E-state index contributed by atoms with van der Waals surface area (Å²) in [5.74, 6) is 0.106. The fraction of sp³-hybridized carbons (Fsp3) is 0.789. The van der Waals surface area contributed by atoms with Gasteiger partial charge in [0.05, 0.1) is 6.10 Å². The Balaban J connectivity index is 1.76. The summed E-state index contributed by atoms with van der Waals surface area (Å²) >= 11 is 0. The van der Waals surface area contributed by atoms with Crippen molar-refractivity contribution in [3.05, 3.63) is 11.6 Å². The lowest BCUT2D eigenvalue weighted by atomic mass is 9.47. The van der Waals surface area contributed by atoms with Crippen LogP contribution in [0.2, 0.25) is 0 Å². The van der Waals surface area contributed by atoms with E-state index in [9.17, 15) is 19.8 Å². The van der Waals surface area contributed by atoms with Crippen LogP contribution in [0.1, 0.15) is 52.4 Å². The van der Waals surface area contributed by atoms with Crippen molar-refractivity contribution in [3.63, 3.8) is 0 Å². The van der Waals surface area contributed by atoms with Gasteiger partial charge in [-0.25, -0.2) is 0 Å². The molecule has 4 heteroatoms. The lowest BCUT2D eigenvalue weighted by Crippen LogP contribution is -2.54. The highest BCUT2D eigenvalue weighted by molar-refractivity contribution is 5.96.